The van der Waals surface area contributed by atoms with E-state index in [0.717, 1.165) is 6.54 Å². The molecule has 1 nitrogen and oxygen atoms in total. The molecule has 90 valence electrons. The molecular weight excluding hydrogens is 218 g/mol. The fraction of sp³-hybridized carbons (Fsp3) is 0.429. The lowest BCUT2D eigenvalue weighted by atomic mass is 9.82. The standard InChI is InChI=1S/C14H21N.ClH/c1-5-11-15-13(14(2,3)4)12-9-7-6-8-10-12;/h5-10,13,15H,1,11H2,2-4H3;1H. The van der Waals surface area contributed by atoms with Crippen molar-refractivity contribution in [2.75, 3.05) is 6.54 Å². The molecule has 0 saturated carbocycles. The van der Waals surface area contributed by atoms with Gasteiger partial charge in [-0.15, -0.1) is 19.0 Å². The van der Waals surface area contributed by atoms with Gasteiger partial charge >= 0.3 is 0 Å². The van der Waals surface area contributed by atoms with Crippen molar-refractivity contribution in [2.24, 2.45) is 5.41 Å². The molecule has 1 aromatic carbocycles. The van der Waals surface area contributed by atoms with E-state index in [9.17, 15) is 0 Å². The third kappa shape index (κ3) is 4.38. The molecule has 0 amide bonds. The van der Waals surface area contributed by atoms with Crippen LogP contribution in [0.4, 0.5) is 0 Å². The van der Waals surface area contributed by atoms with E-state index >= 15 is 0 Å². The zero-order valence-electron chi connectivity index (χ0n) is 10.4. The molecule has 0 spiro atoms. The van der Waals surface area contributed by atoms with Crippen molar-refractivity contribution in [3.63, 3.8) is 0 Å². The molecule has 0 aromatic heterocycles. The lowest BCUT2D eigenvalue weighted by Gasteiger charge is -2.31. The molecule has 0 radical (unpaired) electrons. The Balaban J connectivity index is 0.00000225. The molecule has 2 heteroatoms. The maximum Gasteiger partial charge on any atom is 0.0371 e. The minimum atomic E-state index is 0. The van der Waals surface area contributed by atoms with E-state index in [1.807, 2.05) is 6.08 Å². The average Bonchev–Trinajstić information content (AvgIpc) is 2.18. The molecule has 16 heavy (non-hydrogen) atoms. The zero-order chi connectivity index (χ0) is 11.3. The van der Waals surface area contributed by atoms with E-state index in [1.165, 1.54) is 5.56 Å². The fourth-order valence-electron chi connectivity index (χ4n) is 1.77. The summed E-state index contributed by atoms with van der Waals surface area (Å²) < 4.78 is 0. The summed E-state index contributed by atoms with van der Waals surface area (Å²) in [4.78, 5) is 0. The Bertz CT molecular complexity index is 300. The third-order valence-electron chi connectivity index (χ3n) is 2.47. The number of hydrogen-bond acceptors (Lipinski definition) is 1. The SMILES string of the molecule is C=CCNC(c1ccccc1)C(C)(C)C.Cl. The van der Waals surface area contributed by atoms with E-state index in [4.69, 9.17) is 0 Å². The quantitative estimate of drug-likeness (QED) is 0.784. The van der Waals surface area contributed by atoms with E-state index < -0.39 is 0 Å². The number of benzene rings is 1. The molecule has 1 rings (SSSR count). The predicted octanol–water partition coefficient (Wildman–Crippen LogP) is 3.97. The summed E-state index contributed by atoms with van der Waals surface area (Å²) in [7, 11) is 0. The van der Waals surface area contributed by atoms with Gasteiger partial charge in [-0.3, -0.25) is 0 Å². The van der Waals surface area contributed by atoms with Crippen molar-refractivity contribution in [3.8, 4) is 0 Å². The van der Waals surface area contributed by atoms with Crippen LogP contribution in [-0.2, 0) is 0 Å². The van der Waals surface area contributed by atoms with Crippen molar-refractivity contribution < 1.29 is 0 Å². The molecule has 0 heterocycles. The van der Waals surface area contributed by atoms with Gasteiger partial charge < -0.3 is 5.32 Å². The van der Waals surface area contributed by atoms with Gasteiger partial charge in [-0.2, -0.15) is 0 Å². The highest BCUT2D eigenvalue weighted by Crippen LogP contribution is 2.32. The van der Waals surface area contributed by atoms with E-state index in [2.05, 4.69) is 63.0 Å². The number of halogens is 1. The van der Waals surface area contributed by atoms with Gasteiger partial charge in [0.1, 0.15) is 0 Å². The lowest BCUT2D eigenvalue weighted by Crippen LogP contribution is -2.32. The first-order chi connectivity index (χ1) is 7.05. The summed E-state index contributed by atoms with van der Waals surface area (Å²) in [6.07, 6.45) is 1.90. The number of rotatable bonds is 4. The van der Waals surface area contributed by atoms with Gasteiger partial charge in [0.25, 0.3) is 0 Å². The summed E-state index contributed by atoms with van der Waals surface area (Å²) in [6, 6.07) is 10.9. The second kappa shape index (κ2) is 6.72. The van der Waals surface area contributed by atoms with E-state index in [1.54, 1.807) is 0 Å². The summed E-state index contributed by atoms with van der Waals surface area (Å²) in [6.45, 7) is 11.3. The van der Waals surface area contributed by atoms with E-state index in [0.29, 0.717) is 6.04 Å². The van der Waals surface area contributed by atoms with Gasteiger partial charge in [-0.25, -0.2) is 0 Å². The Morgan fingerprint density at radius 3 is 2.25 bits per heavy atom. The Hall–Kier alpha value is -0.790. The molecule has 0 fully saturated rings. The van der Waals surface area contributed by atoms with Crippen LogP contribution in [0.3, 0.4) is 0 Å². The van der Waals surface area contributed by atoms with Crippen LogP contribution in [0.1, 0.15) is 32.4 Å². The smallest absolute Gasteiger partial charge is 0.0371 e. The molecule has 1 aromatic rings. The van der Waals surface area contributed by atoms with Gasteiger partial charge in [-0.05, 0) is 11.0 Å². The van der Waals surface area contributed by atoms with Crippen molar-refractivity contribution in [1.82, 2.24) is 5.32 Å². The first-order valence-corrected chi connectivity index (χ1v) is 5.45. The lowest BCUT2D eigenvalue weighted by molar-refractivity contribution is 0.280. The minimum Gasteiger partial charge on any atom is -0.306 e. The van der Waals surface area contributed by atoms with Crippen LogP contribution in [0.25, 0.3) is 0 Å². The average molecular weight is 240 g/mol. The molecule has 1 atom stereocenters. The van der Waals surface area contributed by atoms with Gasteiger partial charge in [-0.1, -0.05) is 57.2 Å². The molecular formula is C14H22ClN. The van der Waals surface area contributed by atoms with Gasteiger partial charge in [0.15, 0.2) is 0 Å². The summed E-state index contributed by atoms with van der Waals surface area (Å²) in [5, 5.41) is 3.51. The maximum atomic E-state index is 3.75. The minimum absolute atomic E-state index is 0. The van der Waals surface area contributed by atoms with Crippen molar-refractivity contribution in [3.05, 3.63) is 48.6 Å². The monoisotopic (exact) mass is 239 g/mol. The Morgan fingerprint density at radius 2 is 1.81 bits per heavy atom. The van der Waals surface area contributed by atoms with Crippen LogP contribution in [0.5, 0.6) is 0 Å². The molecule has 0 saturated heterocycles. The van der Waals surface area contributed by atoms with Crippen molar-refractivity contribution >= 4 is 12.4 Å². The second-order valence-electron chi connectivity index (χ2n) is 4.91. The Kier molecular flexibility index (Phi) is 6.39. The van der Waals surface area contributed by atoms with Crippen LogP contribution in [-0.4, -0.2) is 6.54 Å². The van der Waals surface area contributed by atoms with Crippen LogP contribution < -0.4 is 5.32 Å². The molecule has 0 aliphatic rings. The molecule has 1 unspecified atom stereocenters. The van der Waals surface area contributed by atoms with E-state index in [-0.39, 0.29) is 17.8 Å². The van der Waals surface area contributed by atoms with Gasteiger partial charge in [0.05, 0.1) is 0 Å². The number of nitrogens with one attached hydrogen (secondary N) is 1. The molecule has 1 N–H and O–H groups in total. The van der Waals surface area contributed by atoms with Crippen molar-refractivity contribution in [1.29, 1.82) is 0 Å². The first-order valence-electron chi connectivity index (χ1n) is 5.45. The topological polar surface area (TPSA) is 12.0 Å². The maximum absolute atomic E-state index is 3.75. The first kappa shape index (κ1) is 15.2. The van der Waals surface area contributed by atoms with Crippen LogP contribution in [0, 0.1) is 5.41 Å². The molecule has 0 aliphatic heterocycles. The molecule has 0 aliphatic carbocycles. The van der Waals surface area contributed by atoms with Gasteiger partial charge in [0, 0.05) is 12.6 Å². The highest BCUT2D eigenvalue weighted by atomic mass is 35.5. The summed E-state index contributed by atoms with van der Waals surface area (Å²) >= 11 is 0. The predicted molar refractivity (Wildman–Crippen MR) is 74.1 cm³/mol. The largest absolute Gasteiger partial charge is 0.306 e. The number of hydrogen-bond donors (Lipinski definition) is 1. The zero-order valence-corrected chi connectivity index (χ0v) is 11.2. The highest BCUT2D eigenvalue weighted by molar-refractivity contribution is 5.85. The second-order valence-corrected chi connectivity index (χ2v) is 4.91. The summed E-state index contributed by atoms with van der Waals surface area (Å²) in [5.74, 6) is 0. The van der Waals surface area contributed by atoms with Crippen molar-refractivity contribution in [2.45, 2.75) is 26.8 Å². The Labute approximate surface area is 105 Å². The van der Waals surface area contributed by atoms with Crippen LogP contribution in [0.2, 0.25) is 0 Å². The normalized spacial score (nSPS) is 12.7. The third-order valence-corrected chi connectivity index (χ3v) is 2.47. The van der Waals surface area contributed by atoms with Gasteiger partial charge in [0.2, 0.25) is 0 Å². The Morgan fingerprint density at radius 1 is 1.25 bits per heavy atom. The molecule has 0 bridgehead atoms. The summed E-state index contributed by atoms with van der Waals surface area (Å²) in [5.41, 5.74) is 1.55. The fourth-order valence-corrected chi connectivity index (χ4v) is 1.77. The highest BCUT2D eigenvalue weighted by Gasteiger charge is 2.24. The van der Waals surface area contributed by atoms with Crippen LogP contribution in [0.15, 0.2) is 43.0 Å². The van der Waals surface area contributed by atoms with Crippen LogP contribution >= 0.6 is 12.4 Å².